The van der Waals surface area contributed by atoms with E-state index in [9.17, 15) is 9.90 Å². The highest BCUT2D eigenvalue weighted by Gasteiger charge is 2.18. The largest absolute Gasteiger partial charge is 0.504 e. The third-order valence-electron chi connectivity index (χ3n) is 3.65. The minimum atomic E-state index is -0.629. The Hall–Kier alpha value is -3.75. The van der Waals surface area contributed by atoms with Gasteiger partial charge in [-0.25, -0.2) is 0 Å². The Morgan fingerprint density at radius 1 is 1.38 bits per heavy atom. The minimum absolute atomic E-state index is 0.0526. The van der Waals surface area contributed by atoms with Crippen LogP contribution in [0.15, 0.2) is 42.7 Å². The van der Waals surface area contributed by atoms with Crippen molar-refractivity contribution in [2.45, 2.75) is 6.54 Å². The smallest absolute Gasteiger partial charge is 0.256 e. The second kappa shape index (κ2) is 7.43. The monoisotopic (exact) mass is 354 g/mol. The Bertz CT molecular complexity index is 910. The lowest BCUT2D eigenvalue weighted by molar-refractivity contribution is 0.100. The average molecular weight is 354 g/mol. The van der Waals surface area contributed by atoms with Crippen molar-refractivity contribution in [3.05, 3.63) is 53.9 Å². The van der Waals surface area contributed by atoms with Gasteiger partial charge in [-0.3, -0.25) is 14.9 Å². The van der Waals surface area contributed by atoms with E-state index in [0.717, 1.165) is 5.56 Å². The summed E-state index contributed by atoms with van der Waals surface area (Å²) in [6, 6.07) is 8.52. The number of hydrogen-bond acceptors (Lipinski definition) is 7. The first-order valence-electron chi connectivity index (χ1n) is 7.73. The van der Waals surface area contributed by atoms with Crippen molar-refractivity contribution >= 4 is 23.2 Å². The molecule has 0 atom stereocenters. The van der Waals surface area contributed by atoms with Gasteiger partial charge in [0.1, 0.15) is 11.4 Å². The molecule has 0 fully saturated rings. The first kappa shape index (κ1) is 17.1. The Labute approximate surface area is 149 Å². The van der Waals surface area contributed by atoms with E-state index in [4.69, 9.17) is 10.5 Å². The molecule has 3 rings (SSSR count). The first-order chi connectivity index (χ1) is 12.6. The molecule has 0 unspecified atom stereocenters. The average Bonchev–Trinajstić information content (AvgIpc) is 3.04. The number of benzene rings is 1. The van der Waals surface area contributed by atoms with Crippen LogP contribution in [0.4, 0.5) is 17.3 Å². The Balaban J connectivity index is 1.79. The number of nitrogens with one attached hydrogen (secondary N) is 3. The van der Waals surface area contributed by atoms with Gasteiger partial charge in [0.2, 0.25) is 0 Å². The molecule has 9 nitrogen and oxygen atoms in total. The van der Waals surface area contributed by atoms with Gasteiger partial charge in [-0.15, -0.1) is 0 Å². The van der Waals surface area contributed by atoms with Crippen LogP contribution >= 0.6 is 0 Å². The lowest BCUT2D eigenvalue weighted by Gasteiger charge is -2.09. The molecule has 134 valence electrons. The highest BCUT2D eigenvalue weighted by Crippen LogP contribution is 2.28. The number of carbonyl (C=O) groups excluding carboxylic acids is 1. The van der Waals surface area contributed by atoms with E-state index < -0.39 is 5.91 Å². The molecule has 0 saturated heterocycles. The molecule has 0 spiro atoms. The van der Waals surface area contributed by atoms with Crippen molar-refractivity contribution in [2.24, 2.45) is 5.73 Å². The molecule has 26 heavy (non-hydrogen) atoms. The van der Waals surface area contributed by atoms with Crippen LogP contribution in [0.5, 0.6) is 11.5 Å². The molecule has 2 aromatic heterocycles. The molecule has 0 aliphatic heterocycles. The van der Waals surface area contributed by atoms with Gasteiger partial charge >= 0.3 is 0 Å². The summed E-state index contributed by atoms with van der Waals surface area (Å²) < 4.78 is 5.08. The maximum atomic E-state index is 11.9. The highest BCUT2D eigenvalue weighted by molar-refractivity contribution is 6.03. The van der Waals surface area contributed by atoms with Crippen molar-refractivity contribution < 1.29 is 14.6 Å². The van der Waals surface area contributed by atoms with Gasteiger partial charge in [0.05, 0.1) is 19.0 Å². The standard InChI is InChI=1S/C17H18N6O3/c1-26-13-7-10(4-5-12(13)24)8-20-16-14(15(18)25)17(23-22-16)21-11-3-2-6-19-9-11/h2-7,9,24H,8H2,1H3,(H2,18,25)(H3,20,21,22,23). The molecule has 0 radical (unpaired) electrons. The lowest BCUT2D eigenvalue weighted by Crippen LogP contribution is -2.15. The third-order valence-corrected chi connectivity index (χ3v) is 3.65. The number of aromatic nitrogens is 3. The molecule has 0 saturated carbocycles. The zero-order valence-corrected chi connectivity index (χ0v) is 14.0. The van der Waals surface area contributed by atoms with E-state index in [0.29, 0.717) is 29.6 Å². The fraction of sp³-hybridized carbons (Fsp3) is 0.118. The summed E-state index contributed by atoms with van der Waals surface area (Å²) in [5.74, 6) is 0.473. The molecule has 9 heteroatoms. The summed E-state index contributed by atoms with van der Waals surface area (Å²) in [4.78, 5) is 15.9. The second-order valence-electron chi connectivity index (χ2n) is 5.41. The van der Waals surface area contributed by atoms with Crippen LogP contribution in [-0.2, 0) is 6.54 Å². The van der Waals surface area contributed by atoms with Crippen molar-refractivity contribution in [1.29, 1.82) is 0 Å². The van der Waals surface area contributed by atoms with E-state index in [1.165, 1.54) is 13.2 Å². The van der Waals surface area contributed by atoms with Gasteiger partial charge in [-0.2, -0.15) is 5.10 Å². The summed E-state index contributed by atoms with van der Waals surface area (Å²) in [7, 11) is 1.47. The van der Waals surface area contributed by atoms with Crippen molar-refractivity contribution in [3.63, 3.8) is 0 Å². The Morgan fingerprint density at radius 3 is 2.92 bits per heavy atom. The van der Waals surface area contributed by atoms with Crippen LogP contribution in [0.2, 0.25) is 0 Å². The van der Waals surface area contributed by atoms with Gasteiger partial charge in [-0.1, -0.05) is 6.07 Å². The number of ether oxygens (including phenoxy) is 1. The zero-order chi connectivity index (χ0) is 18.5. The predicted octanol–water partition coefficient (Wildman–Crippen LogP) is 1.97. The molecule has 6 N–H and O–H groups in total. The predicted molar refractivity (Wildman–Crippen MR) is 96.6 cm³/mol. The van der Waals surface area contributed by atoms with Crippen molar-refractivity contribution in [1.82, 2.24) is 15.2 Å². The molecule has 1 amide bonds. The molecule has 2 heterocycles. The highest BCUT2D eigenvalue weighted by atomic mass is 16.5. The number of aromatic amines is 1. The van der Waals surface area contributed by atoms with E-state index >= 15 is 0 Å². The number of nitrogens with zero attached hydrogens (tertiary/aromatic N) is 2. The zero-order valence-electron chi connectivity index (χ0n) is 14.0. The number of H-pyrrole nitrogens is 1. The van der Waals surface area contributed by atoms with Gasteiger partial charge in [0.25, 0.3) is 5.91 Å². The van der Waals surface area contributed by atoms with E-state index in [1.54, 1.807) is 36.7 Å². The molecule has 0 aliphatic rings. The maximum absolute atomic E-state index is 11.9. The van der Waals surface area contributed by atoms with Crippen LogP contribution in [0, 0.1) is 0 Å². The molecular formula is C17H18N6O3. The number of pyridine rings is 1. The summed E-state index contributed by atoms with van der Waals surface area (Å²) in [6.45, 7) is 0.355. The molecular weight excluding hydrogens is 336 g/mol. The molecule has 3 aromatic rings. The first-order valence-corrected chi connectivity index (χ1v) is 7.73. The SMILES string of the molecule is COc1cc(CNc2n[nH]c(Nc3cccnc3)c2C(N)=O)ccc1O. The number of anilines is 3. The van der Waals surface area contributed by atoms with Crippen LogP contribution in [0.25, 0.3) is 0 Å². The van der Waals surface area contributed by atoms with Crippen LogP contribution in [0.1, 0.15) is 15.9 Å². The third kappa shape index (κ3) is 3.66. The maximum Gasteiger partial charge on any atom is 0.256 e. The normalized spacial score (nSPS) is 10.3. The van der Waals surface area contributed by atoms with E-state index in [1.807, 2.05) is 0 Å². The number of methoxy groups -OCH3 is 1. The number of primary amides is 1. The number of amides is 1. The number of rotatable bonds is 7. The van der Waals surface area contributed by atoms with Gasteiger partial charge < -0.3 is 26.2 Å². The van der Waals surface area contributed by atoms with Crippen molar-refractivity contribution in [2.75, 3.05) is 17.7 Å². The molecule has 1 aromatic carbocycles. The quantitative estimate of drug-likeness (QED) is 0.437. The van der Waals surface area contributed by atoms with Gasteiger partial charge in [0.15, 0.2) is 17.3 Å². The summed E-state index contributed by atoms with van der Waals surface area (Å²) in [5, 5.41) is 22.6. The van der Waals surface area contributed by atoms with Crippen LogP contribution in [0.3, 0.4) is 0 Å². The summed E-state index contributed by atoms with van der Waals surface area (Å²) >= 11 is 0. The second-order valence-corrected chi connectivity index (χ2v) is 5.41. The summed E-state index contributed by atoms with van der Waals surface area (Å²) in [5.41, 5.74) is 7.23. The fourth-order valence-corrected chi connectivity index (χ4v) is 2.40. The lowest BCUT2D eigenvalue weighted by atomic mass is 10.2. The van der Waals surface area contributed by atoms with Crippen LogP contribution < -0.4 is 21.1 Å². The van der Waals surface area contributed by atoms with E-state index in [2.05, 4.69) is 25.8 Å². The number of hydrogen-bond donors (Lipinski definition) is 5. The van der Waals surface area contributed by atoms with Gasteiger partial charge in [0, 0.05) is 12.7 Å². The molecule has 0 bridgehead atoms. The number of carbonyl (C=O) groups is 1. The number of phenols is 1. The van der Waals surface area contributed by atoms with Crippen molar-refractivity contribution in [3.8, 4) is 11.5 Å². The molecule has 0 aliphatic carbocycles. The topological polar surface area (TPSA) is 138 Å². The number of aromatic hydroxyl groups is 1. The Morgan fingerprint density at radius 2 is 2.23 bits per heavy atom. The number of phenolic OH excluding ortho intramolecular Hbond substituents is 1. The minimum Gasteiger partial charge on any atom is -0.504 e. The van der Waals surface area contributed by atoms with E-state index in [-0.39, 0.29) is 11.3 Å². The van der Waals surface area contributed by atoms with Crippen LogP contribution in [-0.4, -0.2) is 33.3 Å². The summed E-state index contributed by atoms with van der Waals surface area (Å²) in [6.07, 6.45) is 3.26. The number of nitrogens with two attached hydrogens (primary N) is 1. The Kier molecular flexibility index (Phi) is 4.88. The fourth-order valence-electron chi connectivity index (χ4n) is 2.40. The van der Waals surface area contributed by atoms with Gasteiger partial charge in [-0.05, 0) is 29.8 Å².